The standard InChI is InChI=1S/C10H9FN4O4S/c1-6-10(5-12-13-6)20(18,19)14-8-3-2-7(11)4-9(8)15(16)17/h2-5,14H,1H3,(H,12,13). The number of halogens is 1. The minimum Gasteiger partial charge on any atom is -0.281 e. The number of H-pyrrole nitrogens is 1. The van der Waals surface area contributed by atoms with E-state index in [4.69, 9.17) is 0 Å². The van der Waals surface area contributed by atoms with Crippen LogP contribution in [0.5, 0.6) is 0 Å². The molecule has 106 valence electrons. The molecule has 10 heteroatoms. The van der Waals surface area contributed by atoms with Crippen LogP contribution in [0.25, 0.3) is 0 Å². The molecule has 0 bridgehead atoms. The number of rotatable bonds is 4. The molecule has 8 nitrogen and oxygen atoms in total. The van der Waals surface area contributed by atoms with Crippen molar-refractivity contribution >= 4 is 21.4 Å². The third-order valence-electron chi connectivity index (χ3n) is 2.47. The Bertz CT molecular complexity index is 771. The number of aromatic nitrogens is 2. The van der Waals surface area contributed by atoms with Gasteiger partial charge in [0.1, 0.15) is 16.4 Å². The van der Waals surface area contributed by atoms with Crippen LogP contribution in [0.3, 0.4) is 0 Å². The molecule has 2 N–H and O–H groups in total. The maximum Gasteiger partial charge on any atom is 0.296 e. The molecule has 0 aliphatic carbocycles. The second-order valence-corrected chi connectivity index (χ2v) is 5.53. The van der Waals surface area contributed by atoms with Gasteiger partial charge in [-0.15, -0.1) is 0 Å². The summed E-state index contributed by atoms with van der Waals surface area (Å²) in [6, 6.07) is 2.55. The average Bonchev–Trinajstić information content (AvgIpc) is 2.78. The molecule has 2 aromatic rings. The zero-order chi connectivity index (χ0) is 14.9. The second-order valence-electron chi connectivity index (χ2n) is 3.88. The maximum atomic E-state index is 13.0. The molecular formula is C10H9FN4O4S. The van der Waals surface area contributed by atoms with Gasteiger partial charge in [0.2, 0.25) is 0 Å². The van der Waals surface area contributed by atoms with Crippen molar-refractivity contribution in [1.82, 2.24) is 10.2 Å². The summed E-state index contributed by atoms with van der Waals surface area (Å²) in [7, 11) is -4.04. The van der Waals surface area contributed by atoms with Crippen LogP contribution in [0.4, 0.5) is 15.8 Å². The Hall–Kier alpha value is -2.49. The van der Waals surface area contributed by atoms with Gasteiger partial charge in [-0.25, -0.2) is 12.8 Å². The zero-order valence-electron chi connectivity index (χ0n) is 10.1. The van der Waals surface area contributed by atoms with E-state index in [0.29, 0.717) is 6.07 Å². The van der Waals surface area contributed by atoms with Gasteiger partial charge in [0.05, 0.1) is 22.9 Å². The molecule has 20 heavy (non-hydrogen) atoms. The van der Waals surface area contributed by atoms with Crippen LogP contribution in [-0.4, -0.2) is 23.5 Å². The van der Waals surface area contributed by atoms with Crippen LogP contribution in [0.2, 0.25) is 0 Å². The van der Waals surface area contributed by atoms with E-state index in [0.717, 1.165) is 18.3 Å². The molecule has 0 amide bonds. The number of nitrogens with one attached hydrogen (secondary N) is 2. The van der Waals surface area contributed by atoms with E-state index in [1.165, 1.54) is 6.92 Å². The molecule has 0 saturated carbocycles. The number of benzene rings is 1. The Morgan fingerprint density at radius 1 is 1.45 bits per heavy atom. The van der Waals surface area contributed by atoms with Crippen molar-refractivity contribution in [1.29, 1.82) is 0 Å². The minimum absolute atomic E-state index is 0.142. The highest BCUT2D eigenvalue weighted by molar-refractivity contribution is 7.92. The lowest BCUT2D eigenvalue weighted by atomic mass is 10.3. The van der Waals surface area contributed by atoms with E-state index in [9.17, 15) is 22.9 Å². The summed E-state index contributed by atoms with van der Waals surface area (Å²) in [5.74, 6) is -0.834. The summed E-state index contributed by atoms with van der Waals surface area (Å²) in [5, 5.41) is 16.8. The van der Waals surface area contributed by atoms with E-state index < -0.39 is 26.5 Å². The van der Waals surface area contributed by atoms with Crippen LogP contribution in [-0.2, 0) is 10.0 Å². The van der Waals surface area contributed by atoms with Gasteiger partial charge < -0.3 is 0 Å². The molecule has 0 saturated heterocycles. The van der Waals surface area contributed by atoms with Crippen molar-refractivity contribution in [2.75, 3.05) is 4.72 Å². The van der Waals surface area contributed by atoms with E-state index in [-0.39, 0.29) is 16.3 Å². The SMILES string of the molecule is Cc1[nH]ncc1S(=O)(=O)Nc1ccc(F)cc1[N+](=O)[O-]. The molecule has 0 radical (unpaired) electrons. The molecule has 0 fully saturated rings. The van der Waals surface area contributed by atoms with Crippen LogP contribution in [0.1, 0.15) is 5.69 Å². The molecule has 0 aliphatic heterocycles. The zero-order valence-corrected chi connectivity index (χ0v) is 10.9. The molecule has 1 heterocycles. The summed E-state index contributed by atoms with van der Waals surface area (Å²) in [6.45, 7) is 1.49. The Morgan fingerprint density at radius 2 is 2.15 bits per heavy atom. The van der Waals surface area contributed by atoms with Gasteiger partial charge in [0, 0.05) is 0 Å². The Kier molecular flexibility index (Phi) is 3.40. The molecule has 0 aliphatic rings. The van der Waals surface area contributed by atoms with Crippen molar-refractivity contribution in [2.24, 2.45) is 0 Å². The fourth-order valence-electron chi connectivity index (χ4n) is 1.55. The molecule has 1 aromatic carbocycles. The lowest BCUT2D eigenvalue weighted by Gasteiger charge is -2.07. The van der Waals surface area contributed by atoms with E-state index in [2.05, 4.69) is 10.2 Å². The predicted octanol–water partition coefficient (Wildman–Crippen LogP) is 1.57. The number of anilines is 1. The highest BCUT2D eigenvalue weighted by atomic mass is 32.2. The van der Waals surface area contributed by atoms with E-state index >= 15 is 0 Å². The predicted molar refractivity (Wildman–Crippen MR) is 67.2 cm³/mol. The number of nitro benzene ring substituents is 1. The summed E-state index contributed by atoms with van der Waals surface area (Å²) in [4.78, 5) is 9.78. The van der Waals surface area contributed by atoms with Crippen LogP contribution in [0.15, 0.2) is 29.3 Å². The highest BCUT2D eigenvalue weighted by Crippen LogP contribution is 2.27. The van der Waals surface area contributed by atoms with Gasteiger partial charge in [-0.3, -0.25) is 19.9 Å². The van der Waals surface area contributed by atoms with Crippen LogP contribution < -0.4 is 4.72 Å². The van der Waals surface area contributed by atoms with Gasteiger partial charge in [0.15, 0.2) is 0 Å². The topological polar surface area (TPSA) is 118 Å². The van der Waals surface area contributed by atoms with Crippen molar-refractivity contribution < 1.29 is 17.7 Å². The number of aromatic amines is 1. The number of aryl methyl sites for hydroxylation is 1. The van der Waals surface area contributed by atoms with E-state index in [1.807, 2.05) is 4.72 Å². The summed E-state index contributed by atoms with van der Waals surface area (Å²) in [5.41, 5.74) is -0.714. The number of nitrogens with zero attached hydrogens (tertiary/aromatic N) is 2. The molecule has 0 atom stereocenters. The largest absolute Gasteiger partial charge is 0.296 e. The van der Waals surface area contributed by atoms with Gasteiger partial charge in [-0.05, 0) is 19.1 Å². The summed E-state index contributed by atoms with van der Waals surface area (Å²) < 4.78 is 39.1. The lowest BCUT2D eigenvalue weighted by Crippen LogP contribution is -2.14. The minimum atomic E-state index is -4.04. The molecule has 0 spiro atoms. The highest BCUT2D eigenvalue weighted by Gasteiger charge is 2.23. The first-order valence-electron chi connectivity index (χ1n) is 5.28. The average molecular weight is 300 g/mol. The Morgan fingerprint density at radius 3 is 2.70 bits per heavy atom. The number of nitro groups is 1. The molecule has 0 unspecified atom stereocenters. The van der Waals surface area contributed by atoms with Gasteiger partial charge in [-0.1, -0.05) is 0 Å². The Balaban J connectivity index is 2.45. The third kappa shape index (κ3) is 2.59. The number of hydrogen-bond donors (Lipinski definition) is 2. The Labute approximate surface area is 112 Å². The van der Waals surface area contributed by atoms with Crippen LogP contribution >= 0.6 is 0 Å². The van der Waals surface area contributed by atoms with Crippen molar-refractivity contribution in [2.45, 2.75) is 11.8 Å². The molecular weight excluding hydrogens is 291 g/mol. The van der Waals surface area contributed by atoms with Gasteiger partial charge >= 0.3 is 0 Å². The second kappa shape index (κ2) is 4.89. The monoisotopic (exact) mass is 300 g/mol. The quantitative estimate of drug-likeness (QED) is 0.656. The van der Waals surface area contributed by atoms with Gasteiger partial charge in [0.25, 0.3) is 15.7 Å². The summed E-state index contributed by atoms with van der Waals surface area (Å²) in [6.07, 6.45) is 1.08. The smallest absolute Gasteiger partial charge is 0.281 e. The first-order valence-corrected chi connectivity index (χ1v) is 6.76. The van der Waals surface area contributed by atoms with Gasteiger partial charge in [-0.2, -0.15) is 5.10 Å². The summed E-state index contributed by atoms with van der Waals surface area (Å²) >= 11 is 0. The number of hydrogen-bond acceptors (Lipinski definition) is 5. The van der Waals surface area contributed by atoms with Crippen molar-refractivity contribution in [3.8, 4) is 0 Å². The van der Waals surface area contributed by atoms with Crippen molar-refractivity contribution in [3.05, 3.63) is 46.0 Å². The first-order chi connectivity index (χ1) is 9.31. The number of sulfonamides is 1. The molecule has 1 aromatic heterocycles. The van der Waals surface area contributed by atoms with Crippen molar-refractivity contribution in [3.63, 3.8) is 0 Å². The fraction of sp³-hybridized carbons (Fsp3) is 0.100. The fourth-order valence-corrected chi connectivity index (χ4v) is 2.76. The molecule has 2 rings (SSSR count). The lowest BCUT2D eigenvalue weighted by molar-refractivity contribution is -0.384. The van der Waals surface area contributed by atoms with Crippen LogP contribution in [0, 0.1) is 22.9 Å². The normalized spacial score (nSPS) is 11.3. The maximum absolute atomic E-state index is 13.0. The van der Waals surface area contributed by atoms with E-state index in [1.54, 1.807) is 0 Å². The third-order valence-corrected chi connectivity index (χ3v) is 3.95. The first kappa shape index (κ1) is 13.9.